The molecule has 0 amide bonds. The normalized spacial score (nSPS) is 10.3. The van der Waals surface area contributed by atoms with Gasteiger partial charge >= 0.3 is 0 Å². The van der Waals surface area contributed by atoms with Crippen molar-refractivity contribution < 1.29 is 9.47 Å². The predicted molar refractivity (Wildman–Crippen MR) is 83.5 cm³/mol. The fourth-order valence-corrected chi connectivity index (χ4v) is 2.54. The number of benzene rings is 2. The Bertz CT molecular complexity index is 531. The van der Waals surface area contributed by atoms with Gasteiger partial charge in [-0.1, -0.05) is 24.3 Å². The van der Waals surface area contributed by atoms with E-state index in [1.807, 2.05) is 36.4 Å². The molecule has 0 atom stereocenters. The highest BCUT2D eigenvalue weighted by atomic mass is 32.2. The first-order valence-electron chi connectivity index (χ1n) is 6.51. The number of nitrogens with two attached hydrogens (primary N) is 1. The molecule has 3 nitrogen and oxygen atoms in total. The molecule has 2 aromatic rings. The number of rotatable bonds is 7. The third kappa shape index (κ3) is 4.18. The van der Waals surface area contributed by atoms with Crippen molar-refractivity contribution in [2.24, 2.45) is 5.73 Å². The molecule has 0 spiro atoms. The van der Waals surface area contributed by atoms with Gasteiger partial charge in [-0.3, -0.25) is 0 Å². The smallest absolute Gasteiger partial charge is 0.161 e. The van der Waals surface area contributed by atoms with Crippen molar-refractivity contribution in [1.29, 1.82) is 0 Å². The van der Waals surface area contributed by atoms with Crippen molar-refractivity contribution in [2.45, 2.75) is 11.4 Å². The summed E-state index contributed by atoms with van der Waals surface area (Å²) < 4.78 is 11.1. The van der Waals surface area contributed by atoms with Crippen molar-refractivity contribution in [3.8, 4) is 11.5 Å². The summed E-state index contributed by atoms with van der Waals surface area (Å²) in [6.07, 6.45) is 0. The van der Waals surface area contributed by atoms with Gasteiger partial charge in [-0.25, -0.2) is 0 Å². The molecule has 0 saturated carbocycles. The molecule has 0 saturated heterocycles. The number of methoxy groups -OCH3 is 1. The van der Waals surface area contributed by atoms with E-state index in [0.29, 0.717) is 13.2 Å². The Hall–Kier alpha value is -1.65. The molecule has 20 heavy (non-hydrogen) atoms. The topological polar surface area (TPSA) is 44.5 Å². The zero-order chi connectivity index (χ0) is 14.2. The molecule has 0 unspecified atom stereocenters. The van der Waals surface area contributed by atoms with E-state index in [-0.39, 0.29) is 0 Å². The van der Waals surface area contributed by atoms with Crippen LogP contribution in [0.3, 0.4) is 0 Å². The quantitative estimate of drug-likeness (QED) is 0.627. The summed E-state index contributed by atoms with van der Waals surface area (Å²) in [6, 6.07) is 16.1. The Balaban J connectivity index is 1.85. The molecule has 2 N–H and O–H groups in total. The Morgan fingerprint density at radius 1 is 1.05 bits per heavy atom. The van der Waals surface area contributed by atoms with Crippen LogP contribution in [0.25, 0.3) is 0 Å². The van der Waals surface area contributed by atoms with Crippen LogP contribution < -0.4 is 15.2 Å². The summed E-state index contributed by atoms with van der Waals surface area (Å²) in [4.78, 5) is 1.25. The third-order valence-electron chi connectivity index (χ3n) is 2.82. The Labute approximate surface area is 124 Å². The Morgan fingerprint density at radius 3 is 2.55 bits per heavy atom. The van der Waals surface area contributed by atoms with Crippen LogP contribution in [0.15, 0.2) is 53.4 Å². The molecule has 0 aromatic heterocycles. The fourth-order valence-electron chi connectivity index (χ4n) is 1.79. The van der Waals surface area contributed by atoms with Crippen LogP contribution in [-0.4, -0.2) is 19.5 Å². The summed E-state index contributed by atoms with van der Waals surface area (Å²) in [5.74, 6) is 2.39. The van der Waals surface area contributed by atoms with Crippen LogP contribution >= 0.6 is 11.8 Å². The average molecular weight is 289 g/mol. The Kier molecular flexibility index (Phi) is 5.77. The van der Waals surface area contributed by atoms with E-state index in [1.165, 1.54) is 4.90 Å². The Morgan fingerprint density at radius 2 is 1.85 bits per heavy atom. The van der Waals surface area contributed by atoms with Crippen LogP contribution in [0.1, 0.15) is 5.56 Å². The predicted octanol–water partition coefficient (Wildman–Crippen LogP) is 3.33. The summed E-state index contributed by atoms with van der Waals surface area (Å²) in [5, 5.41) is 0. The molecule has 2 aromatic carbocycles. The van der Waals surface area contributed by atoms with E-state index in [1.54, 1.807) is 18.9 Å². The molecule has 4 heteroatoms. The molecule has 106 valence electrons. The molecule has 2 rings (SSSR count). The lowest BCUT2D eigenvalue weighted by Gasteiger charge is -2.11. The molecule has 0 bridgehead atoms. The lowest BCUT2D eigenvalue weighted by molar-refractivity contribution is 0.313. The summed E-state index contributed by atoms with van der Waals surface area (Å²) in [5.41, 5.74) is 6.64. The van der Waals surface area contributed by atoms with Crippen LogP contribution in [-0.2, 0) is 6.54 Å². The van der Waals surface area contributed by atoms with Crippen LogP contribution in [0.2, 0.25) is 0 Å². The first kappa shape index (κ1) is 14.8. The lowest BCUT2D eigenvalue weighted by Crippen LogP contribution is -2.03. The van der Waals surface area contributed by atoms with Crippen molar-refractivity contribution in [3.05, 3.63) is 54.1 Å². The van der Waals surface area contributed by atoms with E-state index < -0.39 is 0 Å². The molecule has 0 radical (unpaired) electrons. The van der Waals surface area contributed by atoms with Gasteiger partial charge in [0.2, 0.25) is 0 Å². The van der Waals surface area contributed by atoms with Crippen LogP contribution in [0.4, 0.5) is 0 Å². The van der Waals surface area contributed by atoms with E-state index in [0.717, 1.165) is 22.8 Å². The SMILES string of the molecule is COc1cc(CN)ccc1OCCSc1ccccc1. The summed E-state index contributed by atoms with van der Waals surface area (Å²) in [6.45, 7) is 1.14. The lowest BCUT2D eigenvalue weighted by atomic mass is 10.2. The van der Waals surface area contributed by atoms with Gasteiger partial charge < -0.3 is 15.2 Å². The van der Waals surface area contributed by atoms with E-state index in [4.69, 9.17) is 15.2 Å². The number of hydrogen-bond acceptors (Lipinski definition) is 4. The molecular weight excluding hydrogens is 270 g/mol. The first-order valence-corrected chi connectivity index (χ1v) is 7.49. The number of thioether (sulfide) groups is 1. The van der Waals surface area contributed by atoms with Gasteiger partial charge in [-0.05, 0) is 29.8 Å². The zero-order valence-corrected chi connectivity index (χ0v) is 12.4. The molecule has 0 aliphatic heterocycles. The second kappa shape index (κ2) is 7.82. The monoisotopic (exact) mass is 289 g/mol. The van der Waals surface area contributed by atoms with Crippen molar-refractivity contribution >= 4 is 11.8 Å². The molecular formula is C16H19NO2S. The highest BCUT2D eigenvalue weighted by Crippen LogP contribution is 2.28. The number of hydrogen-bond donors (Lipinski definition) is 1. The highest BCUT2D eigenvalue weighted by molar-refractivity contribution is 7.99. The molecule has 0 heterocycles. The van der Waals surface area contributed by atoms with Gasteiger partial charge in [0.05, 0.1) is 13.7 Å². The van der Waals surface area contributed by atoms with Crippen molar-refractivity contribution in [3.63, 3.8) is 0 Å². The molecule has 0 aliphatic carbocycles. The standard InChI is InChI=1S/C16H19NO2S/c1-18-16-11-13(12-17)7-8-15(16)19-9-10-20-14-5-3-2-4-6-14/h2-8,11H,9-10,12,17H2,1H3. The van der Waals surface area contributed by atoms with E-state index in [9.17, 15) is 0 Å². The number of ether oxygens (including phenoxy) is 2. The van der Waals surface area contributed by atoms with Crippen molar-refractivity contribution in [2.75, 3.05) is 19.5 Å². The largest absolute Gasteiger partial charge is 0.493 e. The average Bonchev–Trinajstić information content (AvgIpc) is 2.52. The van der Waals surface area contributed by atoms with Gasteiger partial charge in [0, 0.05) is 17.2 Å². The summed E-state index contributed by atoms with van der Waals surface area (Å²) in [7, 11) is 1.64. The fraction of sp³-hybridized carbons (Fsp3) is 0.250. The van der Waals surface area contributed by atoms with E-state index >= 15 is 0 Å². The van der Waals surface area contributed by atoms with Gasteiger partial charge in [0.25, 0.3) is 0 Å². The second-order valence-corrected chi connectivity index (χ2v) is 5.37. The zero-order valence-electron chi connectivity index (χ0n) is 11.5. The van der Waals surface area contributed by atoms with Gasteiger partial charge in [-0.15, -0.1) is 11.8 Å². The second-order valence-electron chi connectivity index (χ2n) is 4.20. The summed E-state index contributed by atoms with van der Waals surface area (Å²) >= 11 is 1.77. The maximum atomic E-state index is 5.76. The van der Waals surface area contributed by atoms with Gasteiger partial charge in [0.15, 0.2) is 11.5 Å². The first-order chi connectivity index (χ1) is 9.83. The van der Waals surface area contributed by atoms with Crippen LogP contribution in [0, 0.1) is 0 Å². The maximum Gasteiger partial charge on any atom is 0.161 e. The van der Waals surface area contributed by atoms with E-state index in [2.05, 4.69) is 12.1 Å². The third-order valence-corrected chi connectivity index (χ3v) is 3.79. The molecule has 0 aliphatic rings. The minimum absolute atomic E-state index is 0.500. The highest BCUT2D eigenvalue weighted by Gasteiger charge is 2.05. The minimum Gasteiger partial charge on any atom is -0.493 e. The van der Waals surface area contributed by atoms with Crippen molar-refractivity contribution in [1.82, 2.24) is 0 Å². The minimum atomic E-state index is 0.500. The maximum absolute atomic E-state index is 5.76. The van der Waals surface area contributed by atoms with Gasteiger partial charge in [0.1, 0.15) is 0 Å². The van der Waals surface area contributed by atoms with Gasteiger partial charge in [-0.2, -0.15) is 0 Å². The van der Waals surface area contributed by atoms with Crippen LogP contribution in [0.5, 0.6) is 11.5 Å². The molecule has 0 fully saturated rings.